The van der Waals surface area contributed by atoms with Crippen LogP contribution in [0.15, 0.2) is 18.5 Å². The molecule has 0 spiro atoms. The van der Waals surface area contributed by atoms with Gasteiger partial charge in [0.05, 0.1) is 29.4 Å². The van der Waals surface area contributed by atoms with Gasteiger partial charge >= 0.3 is 0 Å². The summed E-state index contributed by atoms with van der Waals surface area (Å²) in [5.74, 6) is -1.62. The lowest BCUT2D eigenvalue weighted by atomic mass is 10.0. The monoisotopic (exact) mass is 292 g/mol. The molecule has 0 saturated heterocycles. The Morgan fingerprint density at radius 3 is 3.00 bits per heavy atom. The second-order valence-corrected chi connectivity index (χ2v) is 5.04. The van der Waals surface area contributed by atoms with Crippen LogP contribution in [0.25, 0.3) is 0 Å². The van der Waals surface area contributed by atoms with Crippen LogP contribution in [0.4, 0.5) is 14.5 Å². The van der Waals surface area contributed by atoms with E-state index in [1.807, 2.05) is 0 Å². The van der Waals surface area contributed by atoms with Crippen molar-refractivity contribution in [3.63, 3.8) is 0 Å². The molecule has 2 aromatic rings. The van der Waals surface area contributed by atoms with Gasteiger partial charge < -0.3 is 10.3 Å². The number of halogens is 2. The third-order valence-corrected chi connectivity index (χ3v) is 3.55. The van der Waals surface area contributed by atoms with Gasteiger partial charge in [-0.1, -0.05) is 0 Å². The fourth-order valence-corrected chi connectivity index (χ4v) is 2.32. The molecular weight excluding hydrogens is 278 g/mol. The summed E-state index contributed by atoms with van der Waals surface area (Å²) < 4.78 is 27.2. The van der Waals surface area contributed by atoms with Gasteiger partial charge in [0.2, 0.25) is 5.91 Å². The molecule has 1 aliphatic rings. The van der Waals surface area contributed by atoms with Crippen LogP contribution >= 0.6 is 0 Å². The summed E-state index contributed by atoms with van der Waals surface area (Å²) in [5.41, 5.74) is 1.79. The van der Waals surface area contributed by atoms with Gasteiger partial charge in [0.25, 0.3) is 0 Å². The second-order valence-electron chi connectivity index (χ2n) is 5.04. The van der Waals surface area contributed by atoms with Crippen molar-refractivity contribution in [1.82, 2.24) is 15.3 Å². The van der Waals surface area contributed by atoms with E-state index in [1.165, 1.54) is 6.92 Å². The van der Waals surface area contributed by atoms with Gasteiger partial charge in [0.1, 0.15) is 11.6 Å². The van der Waals surface area contributed by atoms with E-state index in [2.05, 4.69) is 20.6 Å². The van der Waals surface area contributed by atoms with Gasteiger partial charge in [-0.3, -0.25) is 10.1 Å². The van der Waals surface area contributed by atoms with Crippen LogP contribution in [-0.4, -0.2) is 21.9 Å². The zero-order valence-corrected chi connectivity index (χ0v) is 11.3. The first-order chi connectivity index (χ1) is 10.0. The molecule has 1 amide bonds. The minimum Gasteiger partial charge on any atom is -0.347 e. The van der Waals surface area contributed by atoms with E-state index in [4.69, 9.17) is 0 Å². The Labute approximate surface area is 119 Å². The number of aromatic nitrogens is 2. The Balaban J connectivity index is 1.74. The number of carbonyl (C=O) groups excluding carboxylic acids is 1. The van der Waals surface area contributed by atoms with E-state index in [0.29, 0.717) is 13.0 Å². The number of anilines is 1. The number of rotatable bonds is 2. The minimum absolute atomic E-state index is 0.155. The van der Waals surface area contributed by atoms with Crippen LogP contribution in [0, 0.1) is 18.6 Å². The highest BCUT2D eigenvalue weighted by Crippen LogP contribution is 2.20. The Bertz CT molecular complexity index is 698. The molecule has 1 aromatic heterocycles. The van der Waals surface area contributed by atoms with E-state index in [-0.39, 0.29) is 11.3 Å². The SMILES string of the molecule is Cc1cc(F)c(NC(=O)C2Cc3nc[nH]c3CN2)cc1F. The Morgan fingerprint density at radius 2 is 2.19 bits per heavy atom. The highest BCUT2D eigenvalue weighted by Gasteiger charge is 2.26. The van der Waals surface area contributed by atoms with Crippen molar-refractivity contribution in [2.45, 2.75) is 25.9 Å². The number of aromatic amines is 1. The number of fused-ring (bicyclic) bond motifs is 1. The fraction of sp³-hybridized carbons (Fsp3) is 0.286. The molecule has 1 atom stereocenters. The lowest BCUT2D eigenvalue weighted by Crippen LogP contribution is -2.44. The van der Waals surface area contributed by atoms with Crippen LogP contribution in [0.3, 0.4) is 0 Å². The summed E-state index contributed by atoms with van der Waals surface area (Å²) in [6.07, 6.45) is 1.97. The number of hydrogen-bond donors (Lipinski definition) is 3. The zero-order valence-electron chi connectivity index (χ0n) is 11.3. The molecule has 0 bridgehead atoms. The number of nitrogens with one attached hydrogen (secondary N) is 3. The smallest absolute Gasteiger partial charge is 0.242 e. The predicted octanol–water partition coefficient (Wildman–Crippen LogP) is 1.65. The topological polar surface area (TPSA) is 69.8 Å². The van der Waals surface area contributed by atoms with Crippen molar-refractivity contribution in [3.8, 4) is 0 Å². The molecule has 0 saturated carbocycles. The molecule has 3 N–H and O–H groups in total. The molecule has 1 aromatic carbocycles. The highest BCUT2D eigenvalue weighted by molar-refractivity contribution is 5.95. The lowest BCUT2D eigenvalue weighted by molar-refractivity contribution is -0.118. The average Bonchev–Trinajstić information content (AvgIpc) is 2.92. The standard InChI is InChI=1S/C14H14F2N4O/c1-7-2-9(16)10(3-8(7)15)20-14(21)12-4-11-13(5-17-12)19-6-18-11/h2-3,6,12,17H,4-5H2,1H3,(H,18,19)(H,20,21). The molecule has 1 aliphatic heterocycles. The van der Waals surface area contributed by atoms with E-state index in [1.54, 1.807) is 6.33 Å². The summed E-state index contributed by atoms with van der Waals surface area (Å²) in [6.45, 7) is 1.95. The largest absolute Gasteiger partial charge is 0.347 e. The molecule has 7 heteroatoms. The zero-order chi connectivity index (χ0) is 15.0. The third kappa shape index (κ3) is 2.64. The van der Waals surface area contributed by atoms with Crippen molar-refractivity contribution >= 4 is 11.6 Å². The predicted molar refractivity (Wildman–Crippen MR) is 72.6 cm³/mol. The van der Waals surface area contributed by atoms with E-state index in [0.717, 1.165) is 23.5 Å². The van der Waals surface area contributed by atoms with Crippen molar-refractivity contribution < 1.29 is 13.6 Å². The average molecular weight is 292 g/mol. The van der Waals surface area contributed by atoms with Crippen LogP contribution in [0.1, 0.15) is 17.0 Å². The van der Waals surface area contributed by atoms with Crippen molar-refractivity contribution in [2.75, 3.05) is 5.32 Å². The number of nitrogens with zero attached hydrogens (tertiary/aromatic N) is 1. The summed E-state index contributed by atoms with van der Waals surface area (Å²) in [5, 5.41) is 5.44. The van der Waals surface area contributed by atoms with Crippen molar-refractivity contribution in [3.05, 3.63) is 47.0 Å². The number of amides is 1. The molecule has 3 rings (SSSR count). The van der Waals surface area contributed by atoms with Crippen molar-refractivity contribution in [1.29, 1.82) is 0 Å². The van der Waals surface area contributed by atoms with Gasteiger partial charge in [-0.05, 0) is 18.6 Å². The quantitative estimate of drug-likeness (QED) is 0.788. The molecule has 21 heavy (non-hydrogen) atoms. The lowest BCUT2D eigenvalue weighted by Gasteiger charge is -2.22. The van der Waals surface area contributed by atoms with Crippen LogP contribution < -0.4 is 10.6 Å². The number of imidazole rings is 1. The molecule has 0 fully saturated rings. The van der Waals surface area contributed by atoms with Gasteiger partial charge in [0, 0.05) is 19.0 Å². The Morgan fingerprint density at radius 1 is 1.38 bits per heavy atom. The van der Waals surface area contributed by atoms with Crippen molar-refractivity contribution in [2.24, 2.45) is 0 Å². The molecule has 0 radical (unpaired) electrons. The van der Waals surface area contributed by atoms with Crippen LogP contribution in [0.5, 0.6) is 0 Å². The van der Waals surface area contributed by atoms with E-state index < -0.39 is 23.6 Å². The highest BCUT2D eigenvalue weighted by atomic mass is 19.1. The summed E-state index contributed by atoms with van der Waals surface area (Å²) in [7, 11) is 0. The third-order valence-electron chi connectivity index (χ3n) is 3.55. The Kier molecular flexibility index (Phi) is 3.42. The fourth-order valence-electron chi connectivity index (χ4n) is 2.32. The van der Waals surface area contributed by atoms with Gasteiger partial charge in [0.15, 0.2) is 0 Å². The second kappa shape index (κ2) is 5.25. The molecule has 1 unspecified atom stereocenters. The maximum Gasteiger partial charge on any atom is 0.242 e. The minimum atomic E-state index is -0.654. The van der Waals surface area contributed by atoms with Gasteiger partial charge in [-0.2, -0.15) is 0 Å². The number of benzene rings is 1. The van der Waals surface area contributed by atoms with Gasteiger partial charge in [-0.15, -0.1) is 0 Å². The maximum atomic E-state index is 13.7. The number of H-pyrrole nitrogens is 1. The van der Waals surface area contributed by atoms with Crippen LogP contribution in [-0.2, 0) is 17.8 Å². The first-order valence-corrected chi connectivity index (χ1v) is 6.55. The normalized spacial score (nSPS) is 17.4. The first-order valence-electron chi connectivity index (χ1n) is 6.55. The molecule has 5 nitrogen and oxygen atoms in total. The summed E-state index contributed by atoms with van der Waals surface area (Å²) in [4.78, 5) is 19.3. The maximum absolute atomic E-state index is 13.7. The summed E-state index contributed by atoms with van der Waals surface area (Å²) >= 11 is 0. The van der Waals surface area contributed by atoms with Gasteiger partial charge in [-0.25, -0.2) is 13.8 Å². The van der Waals surface area contributed by atoms with E-state index >= 15 is 0 Å². The molecule has 0 aliphatic carbocycles. The Hall–Kier alpha value is -2.28. The number of carbonyl (C=O) groups is 1. The first kappa shape index (κ1) is 13.7. The molecular formula is C14H14F2N4O. The van der Waals surface area contributed by atoms with E-state index in [9.17, 15) is 13.6 Å². The summed E-state index contributed by atoms with van der Waals surface area (Å²) in [6, 6.07) is 1.53. The molecule has 110 valence electrons. The van der Waals surface area contributed by atoms with Crippen LogP contribution in [0.2, 0.25) is 0 Å². The number of hydrogen-bond acceptors (Lipinski definition) is 3. The molecule has 2 heterocycles. The number of aryl methyl sites for hydroxylation is 1.